The molecule has 3 nitrogen and oxygen atoms in total. The maximum atomic E-state index is 13.7. The predicted molar refractivity (Wildman–Crippen MR) is 74.5 cm³/mol. The molecule has 0 radical (unpaired) electrons. The van der Waals surface area contributed by atoms with Crippen LogP contribution in [0.4, 0.5) is 8.78 Å². The van der Waals surface area contributed by atoms with Crippen molar-refractivity contribution in [2.24, 2.45) is 0 Å². The Labute approximate surface area is 118 Å². The molecule has 1 aromatic rings. The molecule has 1 unspecified atom stereocenters. The number of hydrogen-bond donors (Lipinski definition) is 1. The van der Waals surface area contributed by atoms with Crippen molar-refractivity contribution in [1.82, 2.24) is 10.2 Å². The molecule has 1 fully saturated rings. The van der Waals surface area contributed by atoms with E-state index in [4.69, 9.17) is 4.74 Å². The molecule has 0 amide bonds. The third-order valence-corrected chi connectivity index (χ3v) is 3.70. The van der Waals surface area contributed by atoms with E-state index in [1.807, 2.05) is 4.90 Å². The van der Waals surface area contributed by atoms with E-state index in [1.54, 1.807) is 7.11 Å². The Morgan fingerprint density at radius 1 is 1.35 bits per heavy atom. The number of rotatable bonds is 7. The minimum atomic E-state index is -0.480. The van der Waals surface area contributed by atoms with Crippen LogP contribution in [0.25, 0.3) is 0 Å². The molecule has 20 heavy (non-hydrogen) atoms. The molecule has 0 spiro atoms. The molecule has 0 bridgehead atoms. The van der Waals surface area contributed by atoms with Gasteiger partial charge < -0.3 is 10.1 Å². The van der Waals surface area contributed by atoms with E-state index in [9.17, 15) is 8.78 Å². The third kappa shape index (κ3) is 4.23. The lowest BCUT2D eigenvalue weighted by Gasteiger charge is -2.25. The normalized spacial score (nSPS) is 18.9. The largest absolute Gasteiger partial charge is 0.383 e. The Kier molecular flexibility index (Phi) is 5.88. The highest BCUT2D eigenvalue weighted by Crippen LogP contribution is 2.16. The molecule has 1 saturated heterocycles. The van der Waals surface area contributed by atoms with Gasteiger partial charge in [0.1, 0.15) is 11.6 Å². The molecule has 5 heteroatoms. The first-order chi connectivity index (χ1) is 9.70. The first-order valence-corrected chi connectivity index (χ1v) is 7.08. The first-order valence-electron chi connectivity index (χ1n) is 7.08. The minimum Gasteiger partial charge on any atom is -0.383 e. The number of halogens is 2. The molecule has 0 aromatic heterocycles. The molecule has 1 aliphatic heterocycles. The van der Waals surface area contributed by atoms with Crippen molar-refractivity contribution in [1.29, 1.82) is 0 Å². The molecule has 1 N–H and O–H groups in total. The zero-order valence-corrected chi connectivity index (χ0v) is 11.9. The van der Waals surface area contributed by atoms with E-state index in [-0.39, 0.29) is 12.1 Å². The second kappa shape index (κ2) is 7.67. The second-order valence-electron chi connectivity index (χ2n) is 5.22. The molecule has 0 saturated carbocycles. The maximum absolute atomic E-state index is 13.7. The van der Waals surface area contributed by atoms with Crippen molar-refractivity contribution in [2.45, 2.75) is 25.4 Å². The topological polar surface area (TPSA) is 24.5 Å². The fraction of sp³-hybridized carbons (Fsp3) is 0.600. The minimum absolute atomic E-state index is 0.140. The number of methoxy groups -OCH3 is 1. The first kappa shape index (κ1) is 15.4. The van der Waals surface area contributed by atoms with Crippen molar-refractivity contribution in [3.05, 3.63) is 35.4 Å². The van der Waals surface area contributed by atoms with Crippen molar-refractivity contribution < 1.29 is 13.5 Å². The lowest BCUT2D eigenvalue weighted by atomic mass is 10.1. The summed E-state index contributed by atoms with van der Waals surface area (Å²) in [5.74, 6) is -0.960. The van der Waals surface area contributed by atoms with Crippen LogP contribution in [0, 0.1) is 11.6 Å². The summed E-state index contributed by atoms with van der Waals surface area (Å²) < 4.78 is 32.6. The summed E-state index contributed by atoms with van der Waals surface area (Å²) in [6.07, 6.45) is 2.28. The van der Waals surface area contributed by atoms with E-state index in [1.165, 1.54) is 18.2 Å². The number of benzene rings is 1. The van der Waals surface area contributed by atoms with E-state index in [2.05, 4.69) is 5.32 Å². The highest BCUT2D eigenvalue weighted by Gasteiger charge is 2.20. The van der Waals surface area contributed by atoms with Gasteiger partial charge >= 0.3 is 0 Å². The van der Waals surface area contributed by atoms with Gasteiger partial charge in [-0.25, -0.2) is 8.78 Å². The molecule has 1 aliphatic rings. The SMILES string of the molecule is COCCN(Cc1c(F)cccc1F)CC1CCCN1. The Morgan fingerprint density at radius 2 is 2.10 bits per heavy atom. The van der Waals surface area contributed by atoms with Crippen LogP contribution in [0.2, 0.25) is 0 Å². The highest BCUT2D eigenvalue weighted by molar-refractivity contribution is 5.19. The standard InChI is InChI=1S/C15H22F2N2O/c1-20-9-8-19(10-12-4-3-7-18-12)11-13-14(16)5-2-6-15(13)17/h2,5-6,12,18H,3-4,7-11H2,1H3. The predicted octanol–water partition coefficient (Wildman–Crippen LogP) is 2.17. The number of hydrogen-bond acceptors (Lipinski definition) is 3. The summed E-state index contributed by atoms with van der Waals surface area (Å²) in [5, 5.41) is 3.41. The van der Waals surface area contributed by atoms with E-state index in [0.717, 1.165) is 25.9 Å². The zero-order valence-electron chi connectivity index (χ0n) is 11.9. The summed E-state index contributed by atoms with van der Waals surface area (Å²) in [5.41, 5.74) is 0.140. The van der Waals surface area contributed by atoms with Crippen molar-refractivity contribution in [3.8, 4) is 0 Å². The summed E-state index contributed by atoms with van der Waals surface area (Å²) in [4.78, 5) is 2.05. The zero-order chi connectivity index (χ0) is 14.4. The fourth-order valence-electron chi connectivity index (χ4n) is 2.59. The Balaban J connectivity index is 2.01. The fourth-order valence-corrected chi connectivity index (χ4v) is 2.59. The summed E-state index contributed by atoms with van der Waals surface area (Å²) >= 11 is 0. The van der Waals surface area contributed by atoms with Crippen LogP contribution in [0.1, 0.15) is 18.4 Å². The number of ether oxygens (including phenoxy) is 1. The highest BCUT2D eigenvalue weighted by atomic mass is 19.1. The Morgan fingerprint density at radius 3 is 2.70 bits per heavy atom. The van der Waals surface area contributed by atoms with E-state index < -0.39 is 11.6 Å². The monoisotopic (exact) mass is 284 g/mol. The van der Waals surface area contributed by atoms with Crippen LogP contribution in [-0.2, 0) is 11.3 Å². The van der Waals surface area contributed by atoms with Crippen LogP contribution in [0.15, 0.2) is 18.2 Å². The number of nitrogens with one attached hydrogen (secondary N) is 1. The Bertz CT molecular complexity index is 402. The van der Waals surface area contributed by atoms with Crippen molar-refractivity contribution in [2.75, 3.05) is 33.4 Å². The van der Waals surface area contributed by atoms with Gasteiger partial charge in [-0.2, -0.15) is 0 Å². The van der Waals surface area contributed by atoms with Gasteiger partial charge in [0.2, 0.25) is 0 Å². The lowest BCUT2D eigenvalue weighted by Crippen LogP contribution is -2.39. The third-order valence-electron chi connectivity index (χ3n) is 3.70. The lowest BCUT2D eigenvalue weighted by molar-refractivity contribution is 0.136. The van der Waals surface area contributed by atoms with Gasteiger partial charge in [0.25, 0.3) is 0 Å². The van der Waals surface area contributed by atoms with Gasteiger partial charge in [-0.1, -0.05) is 6.07 Å². The van der Waals surface area contributed by atoms with E-state index >= 15 is 0 Å². The summed E-state index contributed by atoms with van der Waals surface area (Å²) in [6, 6.07) is 4.41. The van der Waals surface area contributed by atoms with Gasteiger partial charge in [0.05, 0.1) is 6.61 Å². The Hall–Kier alpha value is -1.04. The van der Waals surface area contributed by atoms with Crippen LogP contribution in [0.5, 0.6) is 0 Å². The molecule has 2 rings (SSSR count). The van der Waals surface area contributed by atoms with Crippen LogP contribution in [0.3, 0.4) is 0 Å². The molecular weight excluding hydrogens is 262 g/mol. The average Bonchev–Trinajstić information content (AvgIpc) is 2.93. The van der Waals surface area contributed by atoms with Gasteiger partial charge in [0, 0.05) is 38.3 Å². The molecule has 1 atom stereocenters. The molecule has 1 heterocycles. The summed E-state index contributed by atoms with van der Waals surface area (Å²) in [6.45, 7) is 3.32. The molecule has 0 aliphatic carbocycles. The van der Waals surface area contributed by atoms with Crippen LogP contribution < -0.4 is 5.32 Å². The molecule has 1 aromatic carbocycles. The van der Waals surface area contributed by atoms with Crippen molar-refractivity contribution >= 4 is 0 Å². The number of nitrogens with zero attached hydrogens (tertiary/aromatic N) is 1. The smallest absolute Gasteiger partial charge is 0.130 e. The molecular formula is C15H22F2N2O. The van der Waals surface area contributed by atoms with Gasteiger partial charge in [-0.05, 0) is 31.5 Å². The summed E-state index contributed by atoms with van der Waals surface area (Å²) in [7, 11) is 1.63. The maximum Gasteiger partial charge on any atom is 0.130 e. The van der Waals surface area contributed by atoms with E-state index in [0.29, 0.717) is 19.2 Å². The van der Waals surface area contributed by atoms with Gasteiger partial charge in [0.15, 0.2) is 0 Å². The molecule has 112 valence electrons. The quantitative estimate of drug-likeness (QED) is 0.830. The van der Waals surface area contributed by atoms with Gasteiger partial charge in [-0.3, -0.25) is 4.90 Å². The van der Waals surface area contributed by atoms with Gasteiger partial charge in [-0.15, -0.1) is 0 Å². The van der Waals surface area contributed by atoms with Crippen LogP contribution in [-0.4, -0.2) is 44.3 Å². The second-order valence-corrected chi connectivity index (χ2v) is 5.22. The van der Waals surface area contributed by atoms with Crippen molar-refractivity contribution in [3.63, 3.8) is 0 Å². The average molecular weight is 284 g/mol. The van der Waals surface area contributed by atoms with Crippen LogP contribution >= 0.6 is 0 Å².